The Labute approximate surface area is 147 Å². The van der Waals surface area contributed by atoms with Crippen molar-refractivity contribution < 1.29 is 4.79 Å². The summed E-state index contributed by atoms with van der Waals surface area (Å²) >= 11 is 11.8. The van der Waals surface area contributed by atoms with Crippen molar-refractivity contribution in [2.75, 3.05) is 5.33 Å². The molecule has 0 unspecified atom stereocenters. The van der Waals surface area contributed by atoms with Gasteiger partial charge in [-0.15, -0.1) is 0 Å². The molecule has 1 aliphatic rings. The molecule has 1 saturated carbocycles. The fourth-order valence-electron chi connectivity index (χ4n) is 2.59. The van der Waals surface area contributed by atoms with Gasteiger partial charge in [0.05, 0.1) is 11.1 Å². The molecular formula is C15H18BrClINO. The summed E-state index contributed by atoms with van der Waals surface area (Å²) in [5.41, 5.74) is 0.548. The Kier molecular flexibility index (Phi) is 5.77. The van der Waals surface area contributed by atoms with E-state index in [9.17, 15) is 4.79 Å². The molecule has 1 aliphatic carbocycles. The Hall–Kier alpha value is 0.190. The molecule has 0 saturated heterocycles. The van der Waals surface area contributed by atoms with Crippen molar-refractivity contribution in [2.45, 2.75) is 38.1 Å². The van der Waals surface area contributed by atoms with Crippen LogP contribution in [0.4, 0.5) is 0 Å². The topological polar surface area (TPSA) is 29.1 Å². The first-order valence-corrected chi connectivity index (χ1v) is 9.37. The summed E-state index contributed by atoms with van der Waals surface area (Å²) in [5.74, 6) is 0.733. The second-order valence-electron chi connectivity index (χ2n) is 5.67. The summed E-state index contributed by atoms with van der Waals surface area (Å²) < 4.78 is 0.929. The number of carbonyl (C=O) groups excluding carboxylic acids is 1. The number of halogens is 3. The van der Waals surface area contributed by atoms with Crippen molar-refractivity contribution in [1.29, 1.82) is 0 Å². The SMILES string of the molecule is CC1CCC(CBr)(NC(=O)c2cc(Cl)ccc2I)CC1. The monoisotopic (exact) mass is 469 g/mol. The largest absolute Gasteiger partial charge is 0.346 e. The van der Waals surface area contributed by atoms with Gasteiger partial charge in [0, 0.05) is 13.9 Å². The third kappa shape index (κ3) is 3.89. The van der Waals surface area contributed by atoms with Crippen molar-refractivity contribution in [1.82, 2.24) is 5.32 Å². The fourth-order valence-corrected chi connectivity index (χ4v) is 4.04. The summed E-state index contributed by atoms with van der Waals surface area (Å²) in [6, 6.07) is 5.43. The van der Waals surface area contributed by atoms with Crippen LogP contribution in [0.25, 0.3) is 0 Å². The van der Waals surface area contributed by atoms with Crippen LogP contribution in [0.5, 0.6) is 0 Å². The van der Waals surface area contributed by atoms with E-state index in [-0.39, 0.29) is 11.4 Å². The van der Waals surface area contributed by atoms with Gasteiger partial charge in [0.2, 0.25) is 0 Å². The lowest BCUT2D eigenvalue weighted by Crippen LogP contribution is -2.52. The second-order valence-corrected chi connectivity index (χ2v) is 7.83. The van der Waals surface area contributed by atoms with Gasteiger partial charge in [-0.25, -0.2) is 0 Å². The van der Waals surface area contributed by atoms with Crippen LogP contribution in [-0.2, 0) is 0 Å². The van der Waals surface area contributed by atoms with E-state index in [0.717, 1.165) is 27.7 Å². The zero-order valence-corrected chi connectivity index (χ0v) is 15.9. The number of rotatable bonds is 3. The zero-order chi connectivity index (χ0) is 14.8. The highest BCUT2D eigenvalue weighted by molar-refractivity contribution is 14.1. The number of alkyl halides is 1. The van der Waals surface area contributed by atoms with E-state index in [1.165, 1.54) is 12.8 Å². The number of hydrogen-bond acceptors (Lipinski definition) is 1. The predicted octanol–water partition coefficient (Wildman–Crippen LogP) is 5.02. The van der Waals surface area contributed by atoms with Crippen molar-refractivity contribution in [3.05, 3.63) is 32.4 Å². The molecule has 110 valence electrons. The molecule has 0 bridgehead atoms. The first-order chi connectivity index (χ1) is 9.46. The van der Waals surface area contributed by atoms with Crippen molar-refractivity contribution >= 4 is 56.0 Å². The smallest absolute Gasteiger partial charge is 0.252 e. The fraction of sp³-hybridized carbons (Fsp3) is 0.533. The van der Waals surface area contributed by atoms with Gasteiger partial charge in [-0.3, -0.25) is 4.79 Å². The van der Waals surface area contributed by atoms with Gasteiger partial charge >= 0.3 is 0 Å². The molecule has 0 radical (unpaired) electrons. The molecule has 0 aromatic heterocycles. The molecule has 0 spiro atoms. The molecule has 5 heteroatoms. The molecule has 0 aliphatic heterocycles. The minimum Gasteiger partial charge on any atom is -0.346 e. The van der Waals surface area contributed by atoms with E-state index >= 15 is 0 Å². The molecule has 1 fully saturated rings. The van der Waals surface area contributed by atoms with Gasteiger partial charge in [-0.05, 0) is 72.4 Å². The highest BCUT2D eigenvalue weighted by Crippen LogP contribution is 2.33. The lowest BCUT2D eigenvalue weighted by molar-refractivity contribution is 0.0873. The number of benzene rings is 1. The van der Waals surface area contributed by atoms with Crippen LogP contribution >= 0.6 is 50.1 Å². The third-order valence-corrected chi connectivity index (χ3v) is 6.29. The van der Waals surface area contributed by atoms with Crippen molar-refractivity contribution in [3.8, 4) is 0 Å². The van der Waals surface area contributed by atoms with E-state index in [4.69, 9.17) is 11.6 Å². The summed E-state index contributed by atoms with van der Waals surface area (Å²) in [4.78, 5) is 12.5. The number of amides is 1. The lowest BCUT2D eigenvalue weighted by Gasteiger charge is -2.39. The average Bonchev–Trinajstić information content (AvgIpc) is 2.44. The third-order valence-electron chi connectivity index (χ3n) is 4.04. The number of hydrogen-bond donors (Lipinski definition) is 1. The van der Waals surface area contributed by atoms with E-state index in [1.807, 2.05) is 12.1 Å². The van der Waals surface area contributed by atoms with Gasteiger partial charge < -0.3 is 5.32 Å². The van der Waals surface area contributed by atoms with Crippen molar-refractivity contribution in [2.24, 2.45) is 5.92 Å². The molecule has 0 heterocycles. The quantitative estimate of drug-likeness (QED) is 0.488. The minimum atomic E-state index is -0.116. The predicted molar refractivity (Wildman–Crippen MR) is 95.8 cm³/mol. The van der Waals surface area contributed by atoms with E-state index in [1.54, 1.807) is 6.07 Å². The van der Waals surface area contributed by atoms with Gasteiger partial charge in [0.1, 0.15) is 0 Å². The molecule has 1 aromatic rings. The Balaban J connectivity index is 2.15. The molecule has 2 rings (SSSR count). The van der Waals surface area contributed by atoms with Crippen LogP contribution in [0, 0.1) is 9.49 Å². The summed E-state index contributed by atoms with van der Waals surface area (Å²) in [7, 11) is 0. The highest BCUT2D eigenvalue weighted by atomic mass is 127. The summed E-state index contributed by atoms with van der Waals surface area (Å²) in [6.07, 6.45) is 4.39. The maximum atomic E-state index is 12.5. The standard InChI is InChI=1S/C15H18BrClINO/c1-10-4-6-15(9-16,7-5-10)19-14(20)12-8-11(17)2-3-13(12)18/h2-3,8,10H,4-7,9H2,1H3,(H,19,20). The van der Waals surface area contributed by atoms with Crippen molar-refractivity contribution in [3.63, 3.8) is 0 Å². The molecule has 0 atom stereocenters. The second kappa shape index (κ2) is 6.97. The first kappa shape index (κ1) is 16.6. The Morgan fingerprint density at radius 2 is 2.15 bits per heavy atom. The summed E-state index contributed by atoms with van der Waals surface area (Å²) in [6.45, 7) is 2.28. The zero-order valence-electron chi connectivity index (χ0n) is 11.4. The van der Waals surface area contributed by atoms with Gasteiger partial charge in [0.25, 0.3) is 5.91 Å². The number of carbonyl (C=O) groups is 1. The lowest BCUT2D eigenvalue weighted by atomic mass is 9.78. The van der Waals surface area contributed by atoms with Gasteiger partial charge in [-0.1, -0.05) is 34.5 Å². The molecule has 20 heavy (non-hydrogen) atoms. The average molecular weight is 471 g/mol. The maximum absolute atomic E-state index is 12.5. The van der Waals surface area contributed by atoms with Crippen LogP contribution < -0.4 is 5.32 Å². The molecule has 2 nitrogen and oxygen atoms in total. The normalized spacial score (nSPS) is 26.3. The van der Waals surface area contributed by atoms with E-state index < -0.39 is 0 Å². The van der Waals surface area contributed by atoms with Crippen LogP contribution in [0.15, 0.2) is 18.2 Å². The summed E-state index contributed by atoms with van der Waals surface area (Å²) in [5, 5.41) is 4.64. The first-order valence-electron chi connectivity index (χ1n) is 6.79. The van der Waals surface area contributed by atoms with Crippen LogP contribution in [0.1, 0.15) is 43.0 Å². The maximum Gasteiger partial charge on any atom is 0.252 e. The van der Waals surface area contributed by atoms with Crippen LogP contribution in [-0.4, -0.2) is 16.8 Å². The highest BCUT2D eigenvalue weighted by Gasteiger charge is 2.35. The minimum absolute atomic E-state index is 0.0223. The van der Waals surface area contributed by atoms with Crippen LogP contribution in [0.3, 0.4) is 0 Å². The molecule has 1 amide bonds. The van der Waals surface area contributed by atoms with Crippen LogP contribution in [0.2, 0.25) is 5.02 Å². The van der Waals surface area contributed by atoms with E-state index in [2.05, 4.69) is 50.8 Å². The molecule has 1 N–H and O–H groups in total. The Bertz CT molecular complexity index is 501. The van der Waals surface area contributed by atoms with Gasteiger partial charge in [0.15, 0.2) is 0 Å². The molecular weight excluding hydrogens is 452 g/mol. The number of nitrogens with one attached hydrogen (secondary N) is 1. The van der Waals surface area contributed by atoms with E-state index in [0.29, 0.717) is 10.6 Å². The van der Waals surface area contributed by atoms with Gasteiger partial charge in [-0.2, -0.15) is 0 Å². The Morgan fingerprint density at radius 1 is 1.50 bits per heavy atom. The molecule has 1 aromatic carbocycles. The Morgan fingerprint density at radius 3 is 2.75 bits per heavy atom.